The summed E-state index contributed by atoms with van der Waals surface area (Å²) < 4.78 is 15.8. The number of nitrogens with zero attached hydrogens (tertiary/aromatic N) is 2. The monoisotopic (exact) mass is 456 g/mol. The predicted octanol–water partition coefficient (Wildman–Crippen LogP) is 6.46. The summed E-state index contributed by atoms with van der Waals surface area (Å²) >= 11 is 23.6. The highest BCUT2D eigenvalue weighted by molar-refractivity contribution is 7.80. The molecule has 9 heteroatoms. The van der Waals surface area contributed by atoms with E-state index in [1.165, 1.54) is 6.07 Å². The lowest BCUT2D eigenvalue weighted by atomic mass is 10.2. The molecule has 0 unspecified atom stereocenters. The summed E-state index contributed by atoms with van der Waals surface area (Å²) in [7, 11) is 0. The number of rotatable bonds is 4. The molecule has 0 amide bonds. The van der Waals surface area contributed by atoms with Crippen LogP contribution in [0.2, 0.25) is 15.1 Å². The second kappa shape index (κ2) is 8.66. The summed E-state index contributed by atoms with van der Waals surface area (Å²) in [6.45, 7) is 3.92. The van der Waals surface area contributed by atoms with E-state index in [0.29, 0.717) is 31.4 Å². The summed E-state index contributed by atoms with van der Waals surface area (Å²) in [6.07, 6.45) is 0. The molecule has 28 heavy (non-hydrogen) atoms. The molecule has 0 fully saturated rings. The molecule has 0 spiro atoms. The zero-order chi connectivity index (χ0) is 20.4. The van der Waals surface area contributed by atoms with Crippen molar-refractivity contribution in [3.05, 3.63) is 74.2 Å². The number of hydrogen-bond acceptors (Lipinski definition) is 2. The Bertz CT molecular complexity index is 1030. The summed E-state index contributed by atoms with van der Waals surface area (Å²) in [5.74, 6) is -0.371. The molecule has 4 nitrogen and oxygen atoms in total. The maximum absolute atomic E-state index is 14.1. The first-order valence-electron chi connectivity index (χ1n) is 8.26. The first-order valence-corrected chi connectivity index (χ1v) is 9.80. The molecule has 0 saturated heterocycles. The van der Waals surface area contributed by atoms with Gasteiger partial charge in [-0.15, -0.1) is 0 Å². The van der Waals surface area contributed by atoms with Crippen LogP contribution in [0.4, 0.5) is 15.8 Å². The highest BCUT2D eigenvalue weighted by Crippen LogP contribution is 2.27. The molecule has 0 aliphatic carbocycles. The number of thiocarbonyl (C=S) groups is 1. The molecule has 2 aromatic carbocycles. The Morgan fingerprint density at radius 1 is 1.11 bits per heavy atom. The molecule has 2 N–H and O–H groups in total. The van der Waals surface area contributed by atoms with E-state index in [4.69, 9.17) is 47.0 Å². The Morgan fingerprint density at radius 3 is 2.54 bits per heavy atom. The molecule has 0 bridgehead atoms. The third kappa shape index (κ3) is 4.58. The summed E-state index contributed by atoms with van der Waals surface area (Å²) in [5.41, 5.74) is 3.26. The highest BCUT2D eigenvalue weighted by Gasteiger charge is 2.16. The molecular weight excluding hydrogens is 442 g/mol. The second-order valence-corrected chi connectivity index (χ2v) is 7.77. The molecule has 1 aromatic heterocycles. The van der Waals surface area contributed by atoms with E-state index in [9.17, 15) is 4.39 Å². The minimum atomic E-state index is -0.371. The van der Waals surface area contributed by atoms with Crippen molar-refractivity contribution in [3.63, 3.8) is 0 Å². The van der Waals surface area contributed by atoms with Crippen LogP contribution in [-0.4, -0.2) is 14.9 Å². The summed E-state index contributed by atoms with van der Waals surface area (Å²) in [5, 5.41) is 12.3. The SMILES string of the molecule is Cc1nn(Cc2c(F)cccc2Cl)c(C)c1NC(=S)Nc1ccc(Cl)cc1Cl. The van der Waals surface area contributed by atoms with E-state index in [0.717, 1.165) is 17.1 Å². The number of benzene rings is 2. The Morgan fingerprint density at radius 2 is 1.86 bits per heavy atom. The molecule has 0 radical (unpaired) electrons. The van der Waals surface area contributed by atoms with Gasteiger partial charge in [-0.3, -0.25) is 4.68 Å². The van der Waals surface area contributed by atoms with E-state index in [1.807, 2.05) is 13.8 Å². The number of anilines is 2. The van der Waals surface area contributed by atoms with Crippen LogP contribution in [-0.2, 0) is 6.54 Å². The van der Waals surface area contributed by atoms with Crippen LogP contribution in [0.1, 0.15) is 17.0 Å². The lowest BCUT2D eigenvalue weighted by molar-refractivity contribution is 0.579. The van der Waals surface area contributed by atoms with Crippen molar-refractivity contribution in [2.45, 2.75) is 20.4 Å². The lowest BCUT2D eigenvalue weighted by Crippen LogP contribution is -2.20. The summed E-state index contributed by atoms with van der Waals surface area (Å²) in [4.78, 5) is 0. The normalized spacial score (nSPS) is 10.8. The number of aryl methyl sites for hydroxylation is 1. The molecule has 0 aliphatic heterocycles. The van der Waals surface area contributed by atoms with Crippen LogP contribution in [0.25, 0.3) is 0 Å². The van der Waals surface area contributed by atoms with Gasteiger partial charge in [0.1, 0.15) is 5.82 Å². The van der Waals surface area contributed by atoms with E-state index in [1.54, 1.807) is 35.0 Å². The van der Waals surface area contributed by atoms with Crippen molar-refractivity contribution in [1.82, 2.24) is 9.78 Å². The van der Waals surface area contributed by atoms with Gasteiger partial charge in [0.05, 0.1) is 34.3 Å². The standard InChI is InChI=1S/C19H16Cl3FN4S/c1-10-18(25-19(28)24-17-7-6-12(20)8-15(17)22)11(2)27(26-10)9-13-14(21)4-3-5-16(13)23/h3-8H,9H2,1-2H3,(H2,24,25,28). The average molecular weight is 458 g/mol. The molecule has 1 heterocycles. The minimum Gasteiger partial charge on any atom is -0.331 e. The fourth-order valence-electron chi connectivity index (χ4n) is 2.72. The first-order chi connectivity index (χ1) is 13.3. The zero-order valence-corrected chi connectivity index (χ0v) is 18.1. The van der Waals surface area contributed by atoms with Crippen molar-refractivity contribution in [3.8, 4) is 0 Å². The minimum absolute atomic E-state index is 0.211. The predicted molar refractivity (Wildman–Crippen MR) is 119 cm³/mol. The van der Waals surface area contributed by atoms with Crippen molar-refractivity contribution in [1.29, 1.82) is 0 Å². The molecule has 0 aliphatic rings. The Labute approximate surface area is 182 Å². The van der Waals surface area contributed by atoms with Gasteiger partial charge in [0, 0.05) is 15.6 Å². The average Bonchev–Trinajstić information content (AvgIpc) is 2.88. The van der Waals surface area contributed by atoms with Gasteiger partial charge in [-0.1, -0.05) is 40.9 Å². The number of nitrogens with one attached hydrogen (secondary N) is 2. The van der Waals surface area contributed by atoms with Gasteiger partial charge in [-0.2, -0.15) is 5.10 Å². The number of halogens is 4. The van der Waals surface area contributed by atoms with Crippen molar-refractivity contribution < 1.29 is 4.39 Å². The Balaban J connectivity index is 1.79. The number of aromatic nitrogens is 2. The van der Waals surface area contributed by atoms with E-state index >= 15 is 0 Å². The quantitative estimate of drug-likeness (QED) is 0.441. The fraction of sp³-hybridized carbons (Fsp3) is 0.158. The first kappa shape index (κ1) is 20.9. The lowest BCUT2D eigenvalue weighted by Gasteiger charge is -2.13. The largest absolute Gasteiger partial charge is 0.331 e. The number of hydrogen-bond donors (Lipinski definition) is 2. The highest BCUT2D eigenvalue weighted by atomic mass is 35.5. The van der Waals surface area contributed by atoms with Gasteiger partial charge in [0.15, 0.2) is 5.11 Å². The van der Waals surface area contributed by atoms with Gasteiger partial charge in [0.2, 0.25) is 0 Å². The van der Waals surface area contributed by atoms with Crippen LogP contribution in [0.3, 0.4) is 0 Å². The third-order valence-electron chi connectivity index (χ3n) is 4.17. The topological polar surface area (TPSA) is 41.9 Å². The van der Waals surface area contributed by atoms with Gasteiger partial charge in [-0.25, -0.2) is 4.39 Å². The van der Waals surface area contributed by atoms with E-state index in [-0.39, 0.29) is 12.4 Å². The van der Waals surface area contributed by atoms with E-state index in [2.05, 4.69) is 15.7 Å². The van der Waals surface area contributed by atoms with Crippen molar-refractivity contribution >= 4 is 63.5 Å². The van der Waals surface area contributed by atoms with Crippen LogP contribution < -0.4 is 10.6 Å². The molecule has 0 atom stereocenters. The second-order valence-electron chi connectivity index (χ2n) is 6.11. The fourth-order valence-corrected chi connectivity index (χ4v) is 3.61. The molecule has 3 aromatic rings. The van der Waals surface area contributed by atoms with Gasteiger partial charge in [0.25, 0.3) is 0 Å². The maximum atomic E-state index is 14.1. The van der Waals surface area contributed by atoms with Gasteiger partial charge < -0.3 is 10.6 Å². The Hall–Kier alpha value is -1.86. The van der Waals surface area contributed by atoms with Crippen LogP contribution in [0, 0.1) is 19.7 Å². The maximum Gasteiger partial charge on any atom is 0.175 e. The summed E-state index contributed by atoms with van der Waals surface area (Å²) in [6, 6.07) is 9.68. The third-order valence-corrected chi connectivity index (χ3v) is 5.27. The van der Waals surface area contributed by atoms with Crippen molar-refractivity contribution in [2.24, 2.45) is 0 Å². The molecule has 3 rings (SSSR count). The van der Waals surface area contributed by atoms with Crippen LogP contribution >= 0.6 is 47.0 Å². The molecule has 0 saturated carbocycles. The zero-order valence-electron chi connectivity index (χ0n) is 15.0. The van der Waals surface area contributed by atoms with Crippen LogP contribution in [0.15, 0.2) is 36.4 Å². The van der Waals surface area contributed by atoms with E-state index < -0.39 is 0 Å². The molecular formula is C19H16Cl3FN4S. The Kier molecular flexibility index (Phi) is 6.45. The van der Waals surface area contributed by atoms with Crippen LogP contribution in [0.5, 0.6) is 0 Å². The van der Waals surface area contributed by atoms with Crippen molar-refractivity contribution in [2.75, 3.05) is 10.6 Å². The smallest absolute Gasteiger partial charge is 0.175 e. The molecule has 146 valence electrons. The van der Waals surface area contributed by atoms with Gasteiger partial charge >= 0.3 is 0 Å². The van der Waals surface area contributed by atoms with Gasteiger partial charge in [-0.05, 0) is 56.4 Å².